The van der Waals surface area contributed by atoms with Crippen molar-refractivity contribution in [2.45, 2.75) is 32.2 Å². The van der Waals surface area contributed by atoms with Gasteiger partial charge in [-0.3, -0.25) is 4.79 Å². The number of sulfonamides is 1. The molecule has 146 valence electrons. The summed E-state index contributed by atoms with van der Waals surface area (Å²) in [7, 11) is -0.707. The second kappa shape index (κ2) is 8.06. The third-order valence-electron chi connectivity index (χ3n) is 4.39. The third kappa shape index (κ3) is 4.28. The Bertz CT molecular complexity index is 957. The Labute approximate surface area is 159 Å². The van der Waals surface area contributed by atoms with Crippen LogP contribution >= 0.6 is 0 Å². The number of hydrogen-bond donors (Lipinski definition) is 0. The first-order chi connectivity index (χ1) is 12.6. The summed E-state index contributed by atoms with van der Waals surface area (Å²) in [6.07, 6.45) is 0. The molecule has 0 atom stereocenters. The first kappa shape index (κ1) is 20.9. The molecule has 8 heteroatoms. The van der Waals surface area contributed by atoms with E-state index in [1.54, 1.807) is 6.07 Å². The van der Waals surface area contributed by atoms with Crippen molar-refractivity contribution in [2.24, 2.45) is 0 Å². The van der Waals surface area contributed by atoms with Gasteiger partial charge in [0, 0.05) is 37.6 Å². The smallest absolute Gasteiger partial charge is 0.338 e. The van der Waals surface area contributed by atoms with E-state index in [1.807, 2.05) is 25.3 Å². The van der Waals surface area contributed by atoms with Crippen molar-refractivity contribution >= 4 is 21.8 Å². The molecule has 0 spiro atoms. The lowest BCUT2D eigenvalue weighted by molar-refractivity contribution is 0.0474. The average molecular weight is 392 g/mol. The minimum absolute atomic E-state index is 0.0760. The van der Waals surface area contributed by atoms with Gasteiger partial charge in [0.1, 0.15) is 0 Å². The number of carbonyl (C=O) groups excluding carboxylic acids is 2. The molecule has 0 aliphatic rings. The van der Waals surface area contributed by atoms with Gasteiger partial charge in [0.05, 0.1) is 10.5 Å². The summed E-state index contributed by atoms with van der Waals surface area (Å²) in [6, 6.07) is 7.19. The van der Waals surface area contributed by atoms with Crippen LogP contribution in [0.2, 0.25) is 0 Å². The molecule has 27 heavy (non-hydrogen) atoms. The summed E-state index contributed by atoms with van der Waals surface area (Å²) in [6.45, 7) is 6.16. The summed E-state index contributed by atoms with van der Waals surface area (Å²) in [5.74, 6) is -0.954. The molecule has 0 aliphatic heterocycles. The first-order valence-corrected chi connectivity index (χ1v) is 9.93. The molecule has 1 heterocycles. The number of ether oxygens (including phenoxy) is 1. The van der Waals surface area contributed by atoms with Crippen LogP contribution in [0.4, 0.5) is 0 Å². The number of esters is 1. The molecule has 0 unspecified atom stereocenters. The van der Waals surface area contributed by atoms with Crippen LogP contribution in [-0.2, 0) is 21.3 Å². The highest BCUT2D eigenvalue weighted by Gasteiger charge is 2.19. The number of nitrogens with zero attached hydrogens (tertiary/aromatic N) is 2. The molecule has 1 aromatic heterocycles. The van der Waals surface area contributed by atoms with E-state index < -0.39 is 16.0 Å². The van der Waals surface area contributed by atoms with E-state index in [9.17, 15) is 18.0 Å². The SMILES string of the molecule is CCn1c(C)cc(C(=O)COC(=O)c2ccc(S(=O)(=O)N(C)C)cc2)c1C. The van der Waals surface area contributed by atoms with Gasteiger partial charge in [0.2, 0.25) is 15.8 Å². The number of hydrogen-bond acceptors (Lipinski definition) is 5. The standard InChI is InChI=1S/C19H24N2O5S/c1-6-21-13(2)11-17(14(21)3)18(22)12-26-19(23)15-7-9-16(10-8-15)27(24,25)20(4)5/h7-11H,6,12H2,1-5H3. The van der Waals surface area contributed by atoms with Gasteiger partial charge in [-0.05, 0) is 51.1 Å². The molecular weight excluding hydrogens is 368 g/mol. The van der Waals surface area contributed by atoms with Gasteiger partial charge in [-0.25, -0.2) is 17.5 Å². The monoisotopic (exact) mass is 392 g/mol. The fourth-order valence-corrected chi connectivity index (χ4v) is 3.74. The summed E-state index contributed by atoms with van der Waals surface area (Å²) in [5, 5.41) is 0. The highest BCUT2D eigenvalue weighted by atomic mass is 32.2. The maximum absolute atomic E-state index is 12.4. The van der Waals surface area contributed by atoms with Crippen molar-refractivity contribution in [3.05, 3.63) is 52.8 Å². The molecule has 0 amide bonds. The first-order valence-electron chi connectivity index (χ1n) is 8.49. The average Bonchev–Trinajstić information content (AvgIpc) is 2.93. The Hall–Kier alpha value is -2.45. The molecule has 2 rings (SSSR count). The molecule has 0 bridgehead atoms. The predicted molar refractivity (Wildman–Crippen MR) is 102 cm³/mol. The van der Waals surface area contributed by atoms with E-state index in [0.717, 1.165) is 22.2 Å². The van der Waals surface area contributed by atoms with E-state index in [1.165, 1.54) is 38.4 Å². The third-order valence-corrected chi connectivity index (χ3v) is 6.22. The molecule has 0 radical (unpaired) electrons. The lowest BCUT2D eigenvalue weighted by Crippen LogP contribution is -2.22. The van der Waals surface area contributed by atoms with Crippen LogP contribution in [0.15, 0.2) is 35.2 Å². The fraction of sp³-hybridized carbons (Fsp3) is 0.368. The van der Waals surface area contributed by atoms with Crippen molar-refractivity contribution in [1.29, 1.82) is 0 Å². The van der Waals surface area contributed by atoms with Crippen molar-refractivity contribution in [1.82, 2.24) is 8.87 Å². The Balaban J connectivity index is 2.07. The Morgan fingerprint density at radius 2 is 1.70 bits per heavy atom. The summed E-state index contributed by atoms with van der Waals surface area (Å²) < 4.78 is 32.3. The van der Waals surface area contributed by atoms with Gasteiger partial charge in [-0.1, -0.05) is 0 Å². The number of aryl methyl sites for hydroxylation is 1. The number of Topliss-reactive ketones (excluding diaryl/α,β-unsaturated/α-hetero) is 1. The predicted octanol–water partition coefficient (Wildman–Crippen LogP) is 2.41. The molecule has 0 saturated carbocycles. The zero-order valence-corrected chi connectivity index (χ0v) is 17.0. The Morgan fingerprint density at radius 1 is 1.11 bits per heavy atom. The van der Waals surface area contributed by atoms with Gasteiger partial charge >= 0.3 is 5.97 Å². The highest BCUT2D eigenvalue weighted by molar-refractivity contribution is 7.89. The largest absolute Gasteiger partial charge is 0.454 e. The van der Waals surface area contributed by atoms with Gasteiger partial charge in [0.25, 0.3) is 0 Å². The van der Waals surface area contributed by atoms with E-state index in [4.69, 9.17) is 4.74 Å². The maximum Gasteiger partial charge on any atom is 0.338 e. The van der Waals surface area contributed by atoms with E-state index in [-0.39, 0.29) is 22.8 Å². The topological polar surface area (TPSA) is 85.7 Å². The minimum Gasteiger partial charge on any atom is -0.454 e. The van der Waals surface area contributed by atoms with Crippen molar-refractivity contribution in [3.63, 3.8) is 0 Å². The fourth-order valence-electron chi connectivity index (χ4n) is 2.84. The van der Waals surface area contributed by atoms with Crippen LogP contribution in [0.25, 0.3) is 0 Å². The second-order valence-corrected chi connectivity index (χ2v) is 8.49. The van der Waals surface area contributed by atoms with Crippen LogP contribution < -0.4 is 0 Å². The second-order valence-electron chi connectivity index (χ2n) is 6.34. The summed E-state index contributed by atoms with van der Waals surface area (Å²) in [5.41, 5.74) is 2.53. The molecule has 0 saturated heterocycles. The number of aromatic nitrogens is 1. The number of rotatable bonds is 7. The summed E-state index contributed by atoms with van der Waals surface area (Å²) >= 11 is 0. The molecule has 7 nitrogen and oxygen atoms in total. The number of carbonyl (C=O) groups is 2. The minimum atomic E-state index is -3.57. The normalized spacial score (nSPS) is 11.6. The number of ketones is 1. The van der Waals surface area contributed by atoms with Gasteiger partial charge in [-0.15, -0.1) is 0 Å². The van der Waals surface area contributed by atoms with Crippen LogP contribution in [0.3, 0.4) is 0 Å². The Kier molecular flexibility index (Phi) is 6.22. The molecule has 0 aliphatic carbocycles. The lowest BCUT2D eigenvalue weighted by atomic mass is 10.1. The van der Waals surface area contributed by atoms with Crippen LogP contribution in [0, 0.1) is 13.8 Å². The molecule has 2 aromatic rings. The quantitative estimate of drug-likeness (QED) is 0.534. The van der Waals surface area contributed by atoms with Crippen LogP contribution in [-0.4, -0.2) is 49.7 Å². The zero-order valence-electron chi connectivity index (χ0n) is 16.1. The van der Waals surface area contributed by atoms with Gasteiger partial charge in [0.15, 0.2) is 6.61 Å². The van der Waals surface area contributed by atoms with Crippen molar-refractivity contribution in [2.75, 3.05) is 20.7 Å². The van der Waals surface area contributed by atoms with Crippen molar-refractivity contribution in [3.8, 4) is 0 Å². The molecule has 0 N–H and O–H groups in total. The Morgan fingerprint density at radius 3 is 2.19 bits per heavy atom. The lowest BCUT2D eigenvalue weighted by Gasteiger charge is -2.11. The van der Waals surface area contributed by atoms with Gasteiger partial charge < -0.3 is 9.30 Å². The maximum atomic E-state index is 12.4. The molecule has 0 fully saturated rings. The number of benzene rings is 1. The van der Waals surface area contributed by atoms with Crippen LogP contribution in [0.1, 0.15) is 39.0 Å². The van der Waals surface area contributed by atoms with Gasteiger partial charge in [-0.2, -0.15) is 0 Å². The molecular formula is C19H24N2O5S. The van der Waals surface area contributed by atoms with E-state index >= 15 is 0 Å². The summed E-state index contributed by atoms with van der Waals surface area (Å²) in [4.78, 5) is 24.6. The zero-order chi connectivity index (χ0) is 20.4. The van der Waals surface area contributed by atoms with E-state index in [0.29, 0.717) is 5.56 Å². The van der Waals surface area contributed by atoms with Crippen LogP contribution in [0.5, 0.6) is 0 Å². The highest BCUT2D eigenvalue weighted by Crippen LogP contribution is 2.17. The molecule has 1 aromatic carbocycles. The van der Waals surface area contributed by atoms with E-state index in [2.05, 4.69) is 0 Å². The van der Waals surface area contributed by atoms with Crippen molar-refractivity contribution < 1.29 is 22.7 Å².